The quantitative estimate of drug-likeness (QED) is 0.748. The van der Waals surface area contributed by atoms with Crippen LogP contribution in [0.4, 0.5) is 5.95 Å². The highest BCUT2D eigenvalue weighted by molar-refractivity contribution is 5.91. The normalized spacial score (nSPS) is 25.0. The summed E-state index contributed by atoms with van der Waals surface area (Å²) < 4.78 is 14.8. The van der Waals surface area contributed by atoms with Crippen LogP contribution in [0.25, 0.3) is 11.2 Å². The number of aromatic nitrogens is 4. The van der Waals surface area contributed by atoms with Crippen LogP contribution in [0.3, 0.4) is 0 Å². The van der Waals surface area contributed by atoms with E-state index in [1.807, 2.05) is 0 Å². The first-order valence-corrected chi connectivity index (χ1v) is 7.38. The fourth-order valence-corrected chi connectivity index (χ4v) is 2.38. The Morgan fingerprint density at radius 1 is 1.65 bits per heavy atom. The highest BCUT2D eigenvalue weighted by Gasteiger charge is 2.32. The van der Waals surface area contributed by atoms with E-state index in [0.717, 1.165) is 0 Å². The number of nitrogens with zero attached hydrogens (tertiary/aromatic N) is 3. The summed E-state index contributed by atoms with van der Waals surface area (Å²) in [6, 6.07) is -0.257. The molecule has 0 saturated carbocycles. The molecule has 1 unspecified atom stereocenters. The van der Waals surface area contributed by atoms with E-state index in [1.54, 1.807) is 18.4 Å². The standard InChI is InChI=1S/C14H20N6O3/c1-6(2)12(21)18-14-17-11-10(13(22)19-14)16-5-20(11)9-4-8(15)7(3)23-9/h5-9H,4,15H2,1-3H3,(H2,17,18,19,21,22)/t7-,8-,9?/m0/s1/i3D. The second-order valence-electron chi connectivity index (χ2n) is 5.91. The maximum atomic E-state index is 12.1. The van der Waals surface area contributed by atoms with Crippen LogP contribution in [-0.2, 0) is 9.53 Å². The number of ether oxygens (including phenoxy) is 1. The number of amides is 1. The molecule has 0 radical (unpaired) electrons. The maximum Gasteiger partial charge on any atom is 0.280 e. The van der Waals surface area contributed by atoms with Crippen molar-refractivity contribution in [1.29, 1.82) is 0 Å². The third kappa shape index (κ3) is 2.84. The minimum absolute atomic E-state index is 0.0623. The van der Waals surface area contributed by atoms with E-state index in [1.165, 1.54) is 6.33 Å². The SMILES string of the molecule is [2H]C[C@@H]1OC(n2cnc3c(=O)[nH]c(NC(=O)C(C)C)nc32)C[C@@H]1N. The lowest BCUT2D eigenvalue weighted by Gasteiger charge is -2.13. The summed E-state index contributed by atoms with van der Waals surface area (Å²) in [5, 5.41) is 2.57. The lowest BCUT2D eigenvalue weighted by molar-refractivity contribution is -0.118. The number of anilines is 1. The summed E-state index contributed by atoms with van der Waals surface area (Å²) in [4.78, 5) is 34.8. The Balaban J connectivity index is 1.97. The predicted octanol–water partition coefficient (Wildman–Crippen LogP) is 0.349. The third-order valence-electron chi connectivity index (χ3n) is 3.79. The van der Waals surface area contributed by atoms with E-state index >= 15 is 0 Å². The van der Waals surface area contributed by atoms with Gasteiger partial charge in [0.05, 0.1) is 12.4 Å². The molecule has 3 atom stereocenters. The first kappa shape index (κ1) is 14.3. The summed E-state index contributed by atoms with van der Waals surface area (Å²) in [5.74, 6) is -0.436. The zero-order chi connectivity index (χ0) is 17.4. The van der Waals surface area contributed by atoms with Crippen molar-refractivity contribution in [3.05, 3.63) is 16.7 Å². The van der Waals surface area contributed by atoms with Crippen molar-refractivity contribution in [3.8, 4) is 0 Å². The highest BCUT2D eigenvalue weighted by Crippen LogP contribution is 2.29. The number of hydrogen-bond donors (Lipinski definition) is 3. The van der Waals surface area contributed by atoms with Gasteiger partial charge in [0.1, 0.15) is 6.23 Å². The van der Waals surface area contributed by atoms with E-state index < -0.39 is 11.8 Å². The summed E-state index contributed by atoms with van der Waals surface area (Å²) in [7, 11) is 0. The fourth-order valence-electron chi connectivity index (χ4n) is 2.38. The van der Waals surface area contributed by atoms with Crippen LogP contribution >= 0.6 is 0 Å². The molecule has 1 aliphatic heterocycles. The molecule has 3 heterocycles. The summed E-state index contributed by atoms with van der Waals surface area (Å²) in [6.45, 7) is 3.55. The fraction of sp³-hybridized carbons (Fsp3) is 0.571. The van der Waals surface area contributed by atoms with Crippen molar-refractivity contribution in [2.45, 2.75) is 45.5 Å². The molecule has 1 amide bonds. The van der Waals surface area contributed by atoms with E-state index in [4.69, 9.17) is 11.8 Å². The van der Waals surface area contributed by atoms with Gasteiger partial charge in [0.2, 0.25) is 11.9 Å². The minimum Gasteiger partial charge on any atom is -0.353 e. The summed E-state index contributed by atoms with van der Waals surface area (Å²) in [6.07, 6.45) is 1.15. The second kappa shape index (κ2) is 5.74. The molecule has 0 bridgehead atoms. The van der Waals surface area contributed by atoms with Gasteiger partial charge in [-0.1, -0.05) is 13.8 Å². The average molecular weight is 321 g/mol. The molecule has 1 fully saturated rings. The number of imidazole rings is 1. The largest absolute Gasteiger partial charge is 0.353 e. The van der Waals surface area contributed by atoms with E-state index in [9.17, 15) is 9.59 Å². The van der Waals surface area contributed by atoms with Gasteiger partial charge >= 0.3 is 0 Å². The first-order valence-electron chi connectivity index (χ1n) is 8.09. The van der Waals surface area contributed by atoms with Crippen molar-refractivity contribution in [2.75, 3.05) is 5.32 Å². The zero-order valence-corrected chi connectivity index (χ0v) is 12.9. The van der Waals surface area contributed by atoms with E-state index in [-0.39, 0.29) is 42.3 Å². The minimum atomic E-state index is -0.447. The van der Waals surface area contributed by atoms with Gasteiger partial charge in [-0.2, -0.15) is 4.98 Å². The Kier molecular flexibility index (Phi) is 3.58. The Morgan fingerprint density at radius 2 is 2.43 bits per heavy atom. The van der Waals surface area contributed by atoms with Crippen LogP contribution < -0.4 is 16.6 Å². The van der Waals surface area contributed by atoms with Crippen LogP contribution in [0.1, 0.15) is 34.8 Å². The molecule has 3 rings (SSSR count). The monoisotopic (exact) mass is 321 g/mol. The summed E-state index contributed by atoms with van der Waals surface area (Å²) >= 11 is 0. The molecule has 0 spiro atoms. The molecule has 1 saturated heterocycles. The lowest BCUT2D eigenvalue weighted by atomic mass is 10.2. The molecule has 4 N–H and O–H groups in total. The Labute approximate surface area is 133 Å². The molecule has 23 heavy (non-hydrogen) atoms. The van der Waals surface area contributed by atoms with Gasteiger partial charge in [0, 0.05) is 19.8 Å². The van der Waals surface area contributed by atoms with Crippen LogP contribution in [0.2, 0.25) is 0 Å². The number of rotatable bonds is 3. The van der Waals surface area contributed by atoms with Crippen molar-refractivity contribution in [3.63, 3.8) is 0 Å². The van der Waals surface area contributed by atoms with Crippen LogP contribution in [0.15, 0.2) is 11.1 Å². The number of H-pyrrole nitrogens is 1. The van der Waals surface area contributed by atoms with Crippen molar-refractivity contribution >= 4 is 23.0 Å². The molecule has 0 aliphatic carbocycles. The zero-order valence-electron chi connectivity index (χ0n) is 13.9. The van der Waals surface area contributed by atoms with Gasteiger partial charge < -0.3 is 10.5 Å². The number of fused-ring (bicyclic) bond motifs is 1. The number of nitrogens with two attached hydrogens (primary N) is 1. The molecular weight excluding hydrogens is 300 g/mol. The average Bonchev–Trinajstić information content (AvgIpc) is 3.10. The molecule has 124 valence electrons. The third-order valence-corrected chi connectivity index (χ3v) is 3.79. The molecule has 1 aliphatic rings. The van der Waals surface area contributed by atoms with E-state index in [2.05, 4.69) is 20.3 Å². The van der Waals surface area contributed by atoms with Crippen molar-refractivity contribution in [2.24, 2.45) is 11.7 Å². The number of carbonyl (C=O) groups is 1. The molecule has 9 heteroatoms. The van der Waals surface area contributed by atoms with Crippen LogP contribution in [0, 0.1) is 5.92 Å². The van der Waals surface area contributed by atoms with Crippen LogP contribution in [0.5, 0.6) is 0 Å². The number of nitrogens with one attached hydrogen (secondary N) is 2. The maximum absolute atomic E-state index is 12.1. The van der Waals surface area contributed by atoms with Gasteiger partial charge in [-0.3, -0.25) is 24.5 Å². The molecule has 2 aromatic rings. The van der Waals surface area contributed by atoms with Crippen LogP contribution in [-0.4, -0.2) is 37.6 Å². The van der Waals surface area contributed by atoms with Gasteiger partial charge in [0.15, 0.2) is 11.2 Å². The topological polar surface area (TPSA) is 128 Å². The van der Waals surface area contributed by atoms with Crippen molar-refractivity contribution in [1.82, 2.24) is 19.5 Å². The smallest absolute Gasteiger partial charge is 0.280 e. The van der Waals surface area contributed by atoms with E-state index in [0.29, 0.717) is 12.1 Å². The van der Waals surface area contributed by atoms with Gasteiger partial charge in [-0.15, -0.1) is 0 Å². The number of carbonyl (C=O) groups excluding carboxylic acids is 1. The Bertz CT molecular complexity index is 816. The van der Waals surface area contributed by atoms with Gasteiger partial charge in [0.25, 0.3) is 5.56 Å². The lowest BCUT2D eigenvalue weighted by Crippen LogP contribution is -2.26. The molecule has 0 aromatic carbocycles. The summed E-state index contributed by atoms with van der Waals surface area (Å²) in [5.41, 5.74) is 5.98. The highest BCUT2D eigenvalue weighted by atomic mass is 16.5. The van der Waals surface area contributed by atoms with Crippen molar-refractivity contribution < 1.29 is 10.9 Å². The Hall–Kier alpha value is -2.26. The Morgan fingerprint density at radius 3 is 3.09 bits per heavy atom. The molecule has 2 aromatic heterocycles. The molecule has 9 nitrogen and oxygen atoms in total. The first-order chi connectivity index (χ1) is 11.4. The number of aromatic amines is 1. The van der Waals surface area contributed by atoms with Gasteiger partial charge in [-0.05, 0) is 6.90 Å². The van der Waals surface area contributed by atoms with Gasteiger partial charge in [-0.25, -0.2) is 4.98 Å². The second-order valence-corrected chi connectivity index (χ2v) is 5.91. The predicted molar refractivity (Wildman–Crippen MR) is 83.8 cm³/mol. The number of hydrogen-bond acceptors (Lipinski definition) is 6. The molecular formula is C14H20N6O3.